The number of benzene rings is 8. The summed E-state index contributed by atoms with van der Waals surface area (Å²) >= 11 is 1.95. The van der Waals surface area contributed by atoms with E-state index < -0.39 is 0 Å². The van der Waals surface area contributed by atoms with E-state index in [1.165, 1.54) is 81.9 Å². The van der Waals surface area contributed by atoms with Crippen molar-refractivity contribution in [2.24, 2.45) is 0 Å². The topological polar surface area (TPSA) is 9.72 Å². The number of rotatable bonds is 6. The van der Waals surface area contributed by atoms with Crippen molar-refractivity contribution in [1.82, 2.24) is 0 Å². The molecular weight excluding hydrogens is 842 g/mol. The maximum Gasteiger partial charge on any atom is 0.264 e. The normalized spacial score (nSPS) is 13.4. The highest BCUT2D eigenvalue weighted by atomic mass is 32.1. The molecule has 0 N–H and O–H groups in total. The standard InChI is InChI=1S/C63H60BN3S/c1-41-37-55-58-56(38-41)67(50-20-16-17-43(39-50)42-23-25-44(26-24-42)61(2,3)4)59-52-21-14-15-22-57(52)68-60(59)64(58)53-36-35-51(40-54(53)66(55)47-18-12-11-13-19-47)65(48-31-27-45(28-32-48)62(5,6)7)49-33-29-46(30-34-49)63(8,9)10/h11-40H,1-10H3. The Bertz CT molecular complexity index is 3290. The summed E-state index contributed by atoms with van der Waals surface area (Å²) in [6.07, 6.45) is 0. The van der Waals surface area contributed by atoms with Crippen LogP contribution in [0.25, 0.3) is 21.2 Å². The van der Waals surface area contributed by atoms with Gasteiger partial charge in [-0.15, -0.1) is 11.3 Å². The van der Waals surface area contributed by atoms with Gasteiger partial charge in [-0.1, -0.05) is 165 Å². The van der Waals surface area contributed by atoms with Crippen LogP contribution >= 0.6 is 11.3 Å². The van der Waals surface area contributed by atoms with Crippen LogP contribution in [0.3, 0.4) is 0 Å². The zero-order valence-electron chi connectivity index (χ0n) is 41.1. The van der Waals surface area contributed by atoms with Gasteiger partial charge in [0.1, 0.15) is 0 Å². The lowest BCUT2D eigenvalue weighted by Gasteiger charge is -2.43. The predicted molar refractivity (Wildman–Crippen MR) is 297 cm³/mol. The summed E-state index contributed by atoms with van der Waals surface area (Å²) in [6, 6.07) is 68.9. The van der Waals surface area contributed by atoms with Crippen LogP contribution in [0.2, 0.25) is 0 Å². The number of fused-ring (bicyclic) bond motifs is 6. The summed E-state index contributed by atoms with van der Waals surface area (Å²) in [5.41, 5.74) is 21.1. The van der Waals surface area contributed by atoms with Crippen molar-refractivity contribution in [1.29, 1.82) is 0 Å². The largest absolute Gasteiger partial charge is 0.311 e. The van der Waals surface area contributed by atoms with Crippen molar-refractivity contribution >= 4 is 95.0 Å². The van der Waals surface area contributed by atoms with Gasteiger partial charge in [0.2, 0.25) is 0 Å². The Morgan fingerprint density at radius 3 is 1.57 bits per heavy atom. The van der Waals surface area contributed by atoms with Gasteiger partial charge in [-0.05, 0) is 146 Å². The molecule has 9 aromatic rings. The van der Waals surface area contributed by atoms with Gasteiger partial charge in [0.15, 0.2) is 0 Å². The summed E-state index contributed by atoms with van der Waals surface area (Å²) < 4.78 is 2.67. The fraction of sp³-hybridized carbons (Fsp3) is 0.206. The first kappa shape index (κ1) is 43.7. The molecule has 2 aliphatic heterocycles. The minimum Gasteiger partial charge on any atom is -0.311 e. The summed E-state index contributed by atoms with van der Waals surface area (Å²) in [6.45, 7) is 22.8. The van der Waals surface area contributed by atoms with E-state index in [-0.39, 0.29) is 23.0 Å². The van der Waals surface area contributed by atoms with Crippen molar-refractivity contribution in [2.45, 2.75) is 85.5 Å². The molecule has 0 spiro atoms. The van der Waals surface area contributed by atoms with Crippen LogP contribution in [-0.2, 0) is 16.2 Å². The van der Waals surface area contributed by atoms with Gasteiger partial charge in [0.05, 0.1) is 5.69 Å². The van der Waals surface area contributed by atoms with E-state index in [0.29, 0.717) is 0 Å². The van der Waals surface area contributed by atoms with Crippen LogP contribution in [0, 0.1) is 6.92 Å². The van der Waals surface area contributed by atoms with Gasteiger partial charge in [-0.2, -0.15) is 0 Å². The first-order chi connectivity index (χ1) is 32.5. The number of para-hydroxylation sites is 1. The molecule has 68 heavy (non-hydrogen) atoms. The average molecular weight is 902 g/mol. The van der Waals surface area contributed by atoms with Crippen molar-refractivity contribution in [2.75, 3.05) is 14.7 Å². The molecular formula is C63H60BN3S. The first-order valence-electron chi connectivity index (χ1n) is 24.2. The van der Waals surface area contributed by atoms with Gasteiger partial charge in [-0.25, -0.2) is 0 Å². The average Bonchev–Trinajstić information content (AvgIpc) is 3.70. The summed E-state index contributed by atoms with van der Waals surface area (Å²) in [5, 5.41) is 1.29. The maximum atomic E-state index is 2.58. The van der Waals surface area contributed by atoms with E-state index >= 15 is 0 Å². The summed E-state index contributed by atoms with van der Waals surface area (Å²) in [4.78, 5) is 7.56. The molecule has 0 saturated carbocycles. The highest BCUT2D eigenvalue weighted by Crippen LogP contribution is 2.50. The molecule has 8 aromatic carbocycles. The molecule has 0 saturated heterocycles. The lowest BCUT2D eigenvalue weighted by Crippen LogP contribution is -2.60. The second kappa shape index (κ2) is 16.2. The van der Waals surface area contributed by atoms with Crippen molar-refractivity contribution in [3.63, 3.8) is 0 Å². The summed E-state index contributed by atoms with van der Waals surface area (Å²) in [7, 11) is 0. The van der Waals surface area contributed by atoms with Crippen LogP contribution in [0.1, 0.15) is 84.6 Å². The van der Waals surface area contributed by atoms with Gasteiger partial charge in [0, 0.05) is 60.4 Å². The van der Waals surface area contributed by atoms with Gasteiger partial charge in [-0.3, -0.25) is 0 Å². The van der Waals surface area contributed by atoms with E-state index in [9.17, 15) is 0 Å². The highest BCUT2D eigenvalue weighted by molar-refractivity contribution is 7.33. The van der Waals surface area contributed by atoms with Crippen molar-refractivity contribution in [3.8, 4) is 11.1 Å². The number of hydrogen-bond donors (Lipinski definition) is 0. The van der Waals surface area contributed by atoms with E-state index in [4.69, 9.17) is 0 Å². The van der Waals surface area contributed by atoms with Crippen molar-refractivity contribution in [3.05, 3.63) is 204 Å². The lowest BCUT2D eigenvalue weighted by molar-refractivity contribution is 0.590. The van der Waals surface area contributed by atoms with Crippen LogP contribution in [0.4, 0.5) is 51.2 Å². The molecule has 1 aromatic heterocycles. The highest BCUT2D eigenvalue weighted by Gasteiger charge is 2.45. The zero-order valence-corrected chi connectivity index (χ0v) is 42.0. The molecule has 0 fully saturated rings. The summed E-state index contributed by atoms with van der Waals surface area (Å²) in [5.74, 6) is 0. The molecule has 0 amide bonds. The minimum absolute atomic E-state index is 0.0203. The fourth-order valence-corrected chi connectivity index (χ4v) is 11.8. The second-order valence-corrected chi connectivity index (χ2v) is 23.1. The van der Waals surface area contributed by atoms with Crippen LogP contribution in [0.5, 0.6) is 0 Å². The molecule has 0 radical (unpaired) electrons. The molecule has 0 bridgehead atoms. The lowest BCUT2D eigenvalue weighted by atomic mass is 9.36. The van der Waals surface area contributed by atoms with Gasteiger partial charge in [0.25, 0.3) is 6.71 Å². The zero-order chi connectivity index (χ0) is 47.3. The third-order valence-corrected chi connectivity index (χ3v) is 15.4. The Labute approximate surface area is 408 Å². The molecule has 3 nitrogen and oxygen atoms in total. The monoisotopic (exact) mass is 901 g/mol. The molecule has 2 aliphatic rings. The van der Waals surface area contributed by atoms with Crippen LogP contribution in [-0.4, -0.2) is 6.71 Å². The van der Waals surface area contributed by atoms with E-state index in [1.54, 1.807) is 0 Å². The molecule has 336 valence electrons. The molecule has 5 heteroatoms. The SMILES string of the molecule is Cc1cc2c3c(c1)N(c1cccc(-c4ccc(C(C)(C)C)cc4)c1)c1c(sc4ccccc14)B3c1ccc(N(c3ccc(C(C)(C)C)cc3)c3ccc(C(C)(C)C)cc3)cc1N2c1ccccc1. The van der Waals surface area contributed by atoms with E-state index in [2.05, 4.69) is 266 Å². The number of hydrogen-bond acceptors (Lipinski definition) is 4. The Hall–Kier alpha value is -6.82. The minimum atomic E-state index is 0.0203. The van der Waals surface area contributed by atoms with E-state index in [1.807, 2.05) is 11.3 Å². The van der Waals surface area contributed by atoms with Gasteiger partial charge >= 0.3 is 0 Å². The third kappa shape index (κ3) is 7.52. The van der Waals surface area contributed by atoms with Crippen molar-refractivity contribution < 1.29 is 0 Å². The molecule has 0 aliphatic carbocycles. The second-order valence-electron chi connectivity index (χ2n) is 22.0. The smallest absolute Gasteiger partial charge is 0.264 e. The number of thiophene rings is 1. The Morgan fingerprint density at radius 2 is 0.971 bits per heavy atom. The predicted octanol–water partition coefficient (Wildman–Crippen LogP) is 16.3. The van der Waals surface area contributed by atoms with Crippen LogP contribution < -0.4 is 30.4 Å². The van der Waals surface area contributed by atoms with E-state index in [0.717, 1.165) is 28.4 Å². The number of nitrogens with zero attached hydrogens (tertiary/aromatic N) is 3. The Morgan fingerprint density at radius 1 is 0.441 bits per heavy atom. The fourth-order valence-electron chi connectivity index (χ4n) is 10.5. The molecule has 11 rings (SSSR count). The first-order valence-corrected chi connectivity index (χ1v) is 25.0. The molecule has 0 unspecified atom stereocenters. The third-order valence-electron chi connectivity index (χ3n) is 14.1. The quantitative estimate of drug-likeness (QED) is 0.154. The number of anilines is 9. The molecule has 3 heterocycles. The number of aryl methyl sites for hydroxylation is 1. The molecule has 0 atom stereocenters. The Balaban J connectivity index is 1.14. The Kier molecular flexibility index (Phi) is 10.4. The maximum absolute atomic E-state index is 2.58. The van der Waals surface area contributed by atoms with Crippen LogP contribution in [0.15, 0.2) is 182 Å². The van der Waals surface area contributed by atoms with Gasteiger partial charge < -0.3 is 14.7 Å².